The van der Waals surface area contributed by atoms with Gasteiger partial charge in [-0.25, -0.2) is 9.97 Å². The fourth-order valence-electron chi connectivity index (χ4n) is 3.23. The van der Waals surface area contributed by atoms with Gasteiger partial charge >= 0.3 is 0 Å². The number of nitrogens with one attached hydrogen (secondary N) is 1. The van der Waals surface area contributed by atoms with Crippen LogP contribution in [0, 0.1) is 19.8 Å². The first-order valence-electron chi connectivity index (χ1n) is 8.21. The third-order valence-electron chi connectivity index (χ3n) is 4.69. The third-order valence-corrected chi connectivity index (χ3v) is 4.69. The molecule has 21 heavy (non-hydrogen) atoms. The molecule has 2 aliphatic rings. The summed E-state index contributed by atoms with van der Waals surface area (Å²) < 4.78 is 5.62. The van der Waals surface area contributed by atoms with E-state index >= 15 is 0 Å². The lowest BCUT2D eigenvalue weighted by molar-refractivity contribution is 0.0768. The Morgan fingerprint density at radius 2 is 1.76 bits per heavy atom. The SMILES string of the molecule is COC(c1nc(C)c(C(C)CNC2CC2)c(C)n1)C1CC1. The van der Waals surface area contributed by atoms with Gasteiger partial charge in [0.05, 0.1) is 0 Å². The molecule has 2 atom stereocenters. The van der Waals surface area contributed by atoms with Gasteiger partial charge in [0.15, 0.2) is 5.82 Å². The fourth-order valence-corrected chi connectivity index (χ4v) is 3.23. The summed E-state index contributed by atoms with van der Waals surface area (Å²) in [6.45, 7) is 7.51. The number of methoxy groups -OCH3 is 1. The second kappa shape index (κ2) is 6.01. The molecular weight excluding hydrogens is 262 g/mol. The maximum Gasteiger partial charge on any atom is 0.157 e. The Morgan fingerprint density at radius 1 is 1.14 bits per heavy atom. The molecule has 2 aliphatic carbocycles. The van der Waals surface area contributed by atoms with Crippen molar-refractivity contribution >= 4 is 0 Å². The number of hydrogen-bond acceptors (Lipinski definition) is 4. The van der Waals surface area contributed by atoms with Crippen LogP contribution < -0.4 is 5.32 Å². The van der Waals surface area contributed by atoms with Gasteiger partial charge in [-0.2, -0.15) is 0 Å². The van der Waals surface area contributed by atoms with Gasteiger partial charge in [0.1, 0.15) is 6.10 Å². The van der Waals surface area contributed by atoms with Crippen molar-refractivity contribution < 1.29 is 4.74 Å². The smallest absolute Gasteiger partial charge is 0.157 e. The molecule has 1 heterocycles. The van der Waals surface area contributed by atoms with E-state index < -0.39 is 0 Å². The summed E-state index contributed by atoms with van der Waals surface area (Å²) in [5, 5.41) is 3.61. The Hall–Kier alpha value is -1.00. The van der Waals surface area contributed by atoms with Gasteiger partial charge in [-0.15, -0.1) is 0 Å². The minimum absolute atomic E-state index is 0.0799. The van der Waals surface area contributed by atoms with Gasteiger partial charge in [-0.1, -0.05) is 6.92 Å². The lowest BCUT2D eigenvalue weighted by Gasteiger charge is -2.20. The highest BCUT2D eigenvalue weighted by Crippen LogP contribution is 2.42. The first-order valence-corrected chi connectivity index (χ1v) is 8.21. The van der Waals surface area contributed by atoms with Crippen molar-refractivity contribution in [1.29, 1.82) is 0 Å². The minimum Gasteiger partial charge on any atom is -0.373 e. The molecule has 3 rings (SSSR count). The predicted octanol–water partition coefficient (Wildman–Crippen LogP) is 3.05. The highest BCUT2D eigenvalue weighted by Gasteiger charge is 2.35. The summed E-state index contributed by atoms with van der Waals surface area (Å²) in [6.07, 6.45) is 5.22. The molecule has 4 nitrogen and oxygen atoms in total. The summed E-state index contributed by atoms with van der Waals surface area (Å²) in [6, 6.07) is 0.751. The van der Waals surface area contributed by atoms with Crippen LogP contribution in [0.15, 0.2) is 0 Å². The van der Waals surface area contributed by atoms with Gasteiger partial charge in [-0.05, 0) is 56.9 Å². The summed E-state index contributed by atoms with van der Waals surface area (Å²) in [7, 11) is 1.77. The highest BCUT2D eigenvalue weighted by molar-refractivity contribution is 5.29. The van der Waals surface area contributed by atoms with E-state index in [1.807, 2.05) is 0 Å². The minimum atomic E-state index is 0.0799. The number of hydrogen-bond donors (Lipinski definition) is 1. The molecule has 1 N–H and O–H groups in total. The number of ether oxygens (including phenoxy) is 1. The highest BCUT2D eigenvalue weighted by atomic mass is 16.5. The normalized spacial score (nSPS) is 21.3. The van der Waals surface area contributed by atoms with Gasteiger partial charge in [0, 0.05) is 31.1 Å². The summed E-state index contributed by atoms with van der Waals surface area (Å²) in [4.78, 5) is 9.53. The van der Waals surface area contributed by atoms with E-state index in [-0.39, 0.29) is 6.10 Å². The molecule has 1 aromatic rings. The fraction of sp³-hybridized carbons (Fsp3) is 0.765. The molecule has 0 saturated heterocycles. The van der Waals surface area contributed by atoms with Crippen LogP contribution in [0.25, 0.3) is 0 Å². The Kier molecular flexibility index (Phi) is 4.27. The predicted molar refractivity (Wildman–Crippen MR) is 83.4 cm³/mol. The van der Waals surface area contributed by atoms with Crippen LogP contribution in [0.4, 0.5) is 0 Å². The molecule has 0 aliphatic heterocycles. The molecule has 0 radical (unpaired) electrons. The lowest BCUT2D eigenvalue weighted by atomic mass is 9.97. The maximum absolute atomic E-state index is 5.62. The summed E-state index contributed by atoms with van der Waals surface area (Å²) in [5.74, 6) is 1.95. The van der Waals surface area contributed by atoms with Crippen LogP contribution in [0.5, 0.6) is 0 Å². The van der Waals surface area contributed by atoms with Gasteiger partial charge in [0.25, 0.3) is 0 Å². The van der Waals surface area contributed by atoms with E-state index in [0.29, 0.717) is 11.8 Å². The summed E-state index contributed by atoms with van der Waals surface area (Å²) in [5.41, 5.74) is 3.54. The van der Waals surface area contributed by atoms with E-state index in [0.717, 1.165) is 29.8 Å². The quantitative estimate of drug-likeness (QED) is 0.838. The summed E-state index contributed by atoms with van der Waals surface area (Å²) >= 11 is 0. The van der Waals surface area contributed by atoms with Crippen LogP contribution >= 0.6 is 0 Å². The topological polar surface area (TPSA) is 47.0 Å². The van der Waals surface area contributed by atoms with Crippen molar-refractivity contribution in [2.75, 3.05) is 13.7 Å². The third kappa shape index (κ3) is 3.43. The van der Waals surface area contributed by atoms with Gasteiger partial charge in [0.2, 0.25) is 0 Å². The zero-order valence-corrected chi connectivity index (χ0v) is 13.6. The molecular formula is C17H27N3O. The number of nitrogens with zero attached hydrogens (tertiary/aromatic N) is 2. The first-order chi connectivity index (χ1) is 10.1. The standard InChI is InChI=1S/C17H27N3O/c1-10(9-18-14-7-8-14)15-11(2)19-17(20-12(15)3)16(21-4)13-5-6-13/h10,13-14,16,18H,5-9H2,1-4H3. The average molecular weight is 289 g/mol. The molecule has 0 spiro atoms. The molecule has 2 saturated carbocycles. The number of aromatic nitrogens is 2. The zero-order chi connectivity index (χ0) is 15.0. The molecule has 4 heteroatoms. The largest absolute Gasteiger partial charge is 0.373 e. The average Bonchev–Trinajstić information content (AvgIpc) is 3.30. The van der Waals surface area contributed by atoms with Crippen LogP contribution in [-0.2, 0) is 4.74 Å². The van der Waals surface area contributed by atoms with Crippen molar-refractivity contribution in [3.05, 3.63) is 22.8 Å². The van der Waals surface area contributed by atoms with E-state index in [1.165, 1.54) is 31.2 Å². The van der Waals surface area contributed by atoms with E-state index in [1.54, 1.807) is 7.11 Å². The second-order valence-corrected chi connectivity index (χ2v) is 6.74. The van der Waals surface area contributed by atoms with Crippen molar-refractivity contribution in [1.82, 2.24) is 15.3 Å². The lowest BCUT2D eigenvalue weighted by Crippen LogP contribution is -2.24. The van der Waals surface area contributed by atoms with Crippen LogP contribution in [0.1, 0.15) is 67.4 Å². The van der Waals surface area contributed by atoms with Crippen LogP contribution in [-0.4, -0.2) is 29.7 Å². The zero-order valence-electron chi connectivity index (χ0n) is 13.6. The van der Waals surface area contributed by atoms with Crippen molar-refractivity contribution in [3.8, 4) is 0 Å². The van der Waals surface area contributed by atoms with Crippen molar-refractivity contribution in [2.45, 2.75) is 64.5 Å². The molecule has 1 aromatic heterocycles. The van der Waals surface area contributed by atoms with Gasteiger partial charge < -0.3 is 10.1 Å². The molecule has 0 bridgehead atoms. The van der Waals surface area contributed by atoms with E-state index in [9.17, 15) is 0 Å². The number of aryl methyl sites for hydroxylation is 2. The maximum atomic E-state index is 5.62. The van der Waals surface area contributed by atoms with Crippen LogP contribution in [0.3, 0.4) is 0 Å². The molecule has 2 unspecified atom stereocenters. The van der Waals surface area contributed by atoms with Crippen molar-refractivity contribution in [3.63, 3.8) is 0 Å². The Balaban J connectivity index is 1.77. The first kappa shape index (κ1) is 14.9. The monoisotopic (exact) mass is 289 g/mol. The molecule has 116 valence electrons. The molecule has 0 aromatic carbocycles. The molecule has 2 fully saturated rings. The Bertz CT molecular complexity index is 486. The van der Waals surface area contributed by atoms with E-state index in [4.69, 9.17) is 14.7 Å². The van der Waals surface area contributed by atoms with Gasteiger partial charge in [-0.3, -0.25) is 0 Å². The number of rotatable bonds is 7. The second-order valence-electron chi connectivity index (χ2n) is 6.74. The van der Waals surface area contributed by atoms with Crippen molar-refractivity contribution in [2.24, 2.45) is 5.92 Å². The Labute approximate surface area is 127 Å². The Morgan fingerprint density at radius 3 is 2.24 bits per heavy atom. The molecule has 0 amide bonds. The van der Waals surface area contributed by atoms with Crippen LogP contribution in [0.2, 0.25) is 0 Å². The van der Waals surface area contributed by atoms with E-state index in [2.05, 4.69) is 26.1 Å².